The fourth-order valence-corrected chi connectivity index (χ4v) is 2.95. The molecular weight excluding hydrogens is 427 g/mol. The highest BCUT2D eigenvalue weighted by Gasteiger charge is 2.14. The fraction of sp³-hybridized carbons (Fsp3) is 0. The topological polar surface area (TPSA) is 89.3 Å². The van der Waals surface area contributed by atoms with E-state index < -0.39 is 10.0 Å². The van der Waals surface area contributed by atoms with E-state index in [2.05, 4.69) is 5.32 Å². The van der Waals surface area contributed by atoms with E-state index in [1.807, 2.05) is 28.7 Å². The van der Waals surface area contributed by atoms with Crippen molar-refractivity contribution in [2.24, 2.45) is 5.14 Å². The molecule has 0 saturated carbocycles. The Morgan fingerprint density at radius 3 is 2.48 bits per heavy atom. The van der Waals surface area contributed by atoms with Gasteiger partial charge in [0.1, 0.15) is 0 Å². The van der Waals surface area contributed by atoms with Crippen LogP contribution in [0.3, 0.4) is 0 Å². The highest BCUT2D eigenvalue weighted by atomic mass is 127. The van der Waals surface area contributed by atoms with Crippen LogP contribution in [-0.2, 0) is 10.0 Å². The Morgan fingerprint density at radius 2 is 1.86 bits per heavy atom. The van der Waals surface area contributed by atoms with Gasteiger partial charge >= 0.3 is 0 Å². The van der Waals surface area contributed by atoms with Crippen molar-refractivity contribution in [2.75, 3.05) is 5.32 Å². The molecule has 3 N–H and O–H groups in total. The number of benzene rings is 2. The monoisotopic (exact) mass is 436 g/mol. The molecule has 0 aromatic heterocycles. The number of primary sulfonamides is 1. The van der Waals surface area contributed by atoms with E-state index in [0.29, 0.717) is 5.56 Å². The third-order valence-electron chi connectivity index (χ3n) is 2.63. The van der Waals surface area contributed by atoms with E-state index in [1.165, 1.54) is 18.2 Å². The largest absolute Gasteiger partial charge is 0.321 e. The fourth-order valence-electron chi connectivity index (χ4n) is 1.61. The van der Waals surface area contributed by atoms with Crippen molar-refractivity contribution in [2.45, 2.75) is 4.90 Å². The van der Waals surface area contributed by atoms with Crippen molar-refractivity contribution in [3.05, 3.63) is 56.6 Å². The summed E-state index contributed by atoms with van der Waals surface area (Å²) in [5.41, 5.74) is 0.656. The molecule has 0 spiro atoms. The SMILES string of the molecule is NS(=O)(=O)c1ccc(Cl)c(NC(=O)c2ccccc2I)c1. The van der Waals surface area contributed by atoms with Crippen LogP contribution in [0.4, 0.5) is 5.69 Å². The number of anilines is 1. The third-order valence-corrected chi connectivity index (χ3v) is 4.81. The van der Waals surface area contributed by atoms with Gasteiger partial charge in [0, 0.05) is 3.57 Å². The molecule has 5 nitrogen and oxygen atoms in total. The zero-order valence-corrected chi connectivity index (χ0v) is 14.2. The van der Waals surface area contributed by atoms with Crippen molar-refractivity contribution in [1.29, 1.82) is 0 Å². The van der Waals surface area contributed by atoms with Crippen LogP contribution < -0.4 is 10.5 Å². The Kier molecular flexibility index (Phi) is 4.87. The van der Waals surface area contributed by atoms with E-state index >= 15 is 0 Å². The minimum atomic E-state index is -3.86. The molecule has 2 aromatic carbocycles. The number of nitrogens with one attached hydrogen (secondary N) is 1. The molecule has 0 aliphatic carbocycles. The number of halogens is 2. The summed E-state index contributed by atoms with van der Waals surface area (Å²) in [6, 6.07) is 10.9. The summed E-state index contributed by atoms with van der Waals surface area (Å²) in [5, 5.41) is 7.86. The summed E-state index contributed by atoms with van der Waals surface area (Å²) in [6.07, 6.45) is 0. The van der Waals surface area contributed by atoms with Crippen LogP contribution in [0.25, 0.3) is 0 Å². The Bertz CT molecular complexity index is 809. The number of sulfonamides is 1. The molecule has 0 atom stereocenters. The predicted molar refractivity (Wildman–Crippen MR) is 89.9 cm³/mol. The van der Waals surface area contributed by atoms with Crippen LogP contribution in [0.5, 0.6) is 0 Å². The molecule has 0 fully saturated rings. The third kappa shape index (κ3) is 3.94. The van der Waals surface area contributed by atoms with Gasteiger partial charge in [0.05, 0.1) is 21.2 Å². The molecule has 21 heavy (non-hydrogen) atoms. The van der Waals surface area contributed by atoms with E-state index in [0.717, 1.165) is 3.57 Å². The molecule has 0 aliphatic rings. The van der Waals surface area contributed by atoms with Gasteiger partial charge in [-0.05, 0) is 52.9 Å². The van der Waals surface area contributed by atoms with Crippen LogP contribution in [-0.4, -0.2) is 14.3 Å². The van der Waals surface area contributed by atoms with Crippen molar-refractivity contribution >= 4 is 55.8 Å². The van der Waals surface area contributed by atoms with Gasteiger partial charge in [-0.3, -0.25) is 4.79 Å². The zero-order chi connectivity index (χ0) is 15.6. The van der Waals surface area contributed by atoms with Crippen LogP contribution in [0.15, 0.2) is 47.4 Å². The number of nitrogens with two attached hydrogens (primary N) is 1. The highest BCUT2D eigenvalue weighted by Crippen LogP contribution is 2.25. The summed E-state index contributed by atoms with van der Waals surface area (Å²) in [5.74, 6) is -0.381. The number of amides is 1. The summed E-state index contributed by atoms with van der Waals surface area (Å²) in [7, 11) is -3.86. The van der Waals surface area contributed by atoms with Gasteiger partial charge in [-0.2, -0.15) is 0 Å². The molecule has 8 heteroatoms. The lowest BCUT2D eigenvalue weighted by atomic mass is 10.2. The molecule has 2 aromatic rings. The van der Waals surface area contributed by atoms with Gasteiger partial charge in [0.2, 0.25) is 10.0 Å². The quantitative estimate of drug-likeness (QED) is 0.725. The van der Waals surface area contributed by atoms with Gasteiger partial charge in [-0.15, -0.1) is 0 Å². The normalized spacial score (nSPS) is 11.2. The minimum absolute atomic E-state index is 0.120. The van der Waals surface area contributed by atoms with Gasteiger partial charge in [-0.25, -0.2) is 13.6 Å². The van der Waals surface area contributed by atoms with Crippen molar-refractivity contribution in [1.82, 2.24) is 0 Å². The number of hydrogen-bond donors (Lipinski definition) is 2. The van der Waals surface area contributed by atoms with Gasteiger partial charge in [0.25, 0.3) is 5.91 Å². The van der Waals surface area contributed by atoms with Gasteiger partial charge in [0.15, 0.2) is 0 Å². The van der Waals surface area contributed by atoms with Gasteiger partial charge in [-0.1, -0.05) is 23.7 Å². The standard InChI is InChI=1S/C13H10ClIN2O3S/c14-10-6-5-8(21(16,19)20)7-12(10)17-13(18)9-3-1-2-4-11(9)15/h1-7H,(H,17,18)(H2,16,19,20). The molecule has 0 radical (unpaired) electrons. The van der Waals surface area contributed by atoms with Crippen molar-refractivity contribution in [3.63, 3.8) is 0 Å². The second-order valence-corrected chi connectivity index (χ2v) is 7.25. The summed E-state index contributed by atoms with van der Waals surface area (Å²) >= 11 is 8.00. The van der Waals surface area contributed by atoms with Crippen LogP contribution >= 0.6 is 34.2 Å². The van der Waals surface area contributed by atoms with E-state index in [4.69, 9.17) is 16.7 Å². The lowest BCUT2D eigenvalue weighted by molar-refractivity contribution is 0.102. The van der Waals surface area contributed by atoms with E-state index in [-0.39, 0.29) is 21.5 Å². The Morgan fingerprint density at radius 1 is 1.19 bits per heavy atom. The van der Waals surface area contributed by atoms with E-state index in [9.17, 15) is 13.2 Å². The second kappa shape index (κ2) is 6.30. The number of carbonyl (C=O) groups excluding carboxylic acids is 1. The maximum absolute atomic E-state index is 12.2. The molecule has 0 unspecified atom stereocenters. The molecule has 0 heterocycles. The van der Waals surface area contributed by atoms with Crippen LogP contribution in [0, 0.1) is 3.57 Å². The van der Waals surface area contributed by atoms with Crippen molar-refractivity contribution in [3.8, 4) is 0 Å². The Balaban J connectivity index is 2.36. The second-order valence-electron chi connectivity index (χ2n) is 4.12. The first-order valence-corrected chi connectivity index (χ1v) is 8.67. The summed E-state index contributed by atoms with van der Waals surface area (Å²) in [6.45, 7) is 0. The Labute approximate surface area is 140 Å². The molecular formula is C13H10ClIN2O3S. The molecule has 0 saturated heterocycles. The Hall–Kier alpha value is -1.16. The molecule has 1 amide bonds. The highest BCUT2D eigenvalue weighted by molar-refractivity contribution is 14.1. The first kappa shape index (κ1) is 16.2. The molecule has 110 valence electrons. The lowest BCUT2D eigenvalue weighted by Crippen LogP contribution is -2.16. The molecule has 0 aliphatic heterocycles. The molecule has 2 rings (SSSR count). The maximum atomic E-state index is 12.2. The summed E-state index contributed by atoms with van der Waals surface area (Å²) in [4.78, 5) is 12.1. The smallest absolute Gasteiger partial charge is 0.256 e. The van der Waals surface area contributed by atoms with E-state index in [1.54, 1.807) is 18.2 Å². The minimum Gasteiger partial charge on any atom is -0.321 e. The lowest BCUT2D eigenvalue weighted by Gasteiger charge is -2.09. The zero-order valence-electron chi connectivity index (χ0n) is 10.5. The maximum Gasteiger partial charge on any atom is 0.256 e. The number of hydrogen-bond acceptors (Lipinski definition) is 3. The van der Waals surface area contributed by atoms with Crippen molar-refractivity contribution < 1.29 is 13.2 Å². The van der Waals surface area contributed by atoms with Gasteiger partial charge < -0.3 is 5.32 Å². The summed E-state index contributed by atoms with van der Waals surface area (Å²) < 4.78 is 23.4. The van der Waals surface area contributed by atoms with Crippen LogP contribution in [0.1, 0.15) is 10.4 Å². The number of carbonyl (C=O) groups is 1. The van der Waals surface area contributed by atoms with Crippen LogP contribution in [0.2, 0.25) is 5.02 Å². The molecule has 0 bridgehead atoms. The number of rotatable bonds is 3. The first-order valence-electron chi connectivity index (χ1n) is 5.67. The average Bonchev–Trinajstić information content (AvgIpc) is 2.40. The first-order chi connectivity index (χ1) is 9.79. The average molecular weight is 437 g/mol. The predicted octanol–water partition coefficient (Wildman–Crippen LogP) is 2.84.